The molecular weight excluding hydrogens is 532 g/mol. The van der Waals surface area contributed by atoms with Crippen LogP contribution in [0, 0.1) is 0 Å². The Bertz CT molecular complexity index is 1990. The molecule has 0 amide bonds. The van der Waals surface area contributed by atoms with E-state index in [0.717, 1.165) is 55.8 Å². The number of para-hydroxylation sites is 2. The molecule has 7 aromatic rings. The van der Waals surface area contributed by atoms with E-state index < -0.39 is 0 Å². The maximum atomic E-state index is 6.27. The Balaban J connectivity index is 1.05. The first kappa shape index (κ1) is 25.9. The molecule has 0 aliphatic heterocycles. The van der Waals surface area contributed by atoms with Gasteiger partial charge in [0.2, 0.25) is 0 Å². The highest BCUT2D eigenvalue weighted by atomic mass is 16.3. The van der Waals surface area contributed by atoms with E-state index in [9.17, 15) is 0 Å². The van der Waals surface area contributed by atoms with Crippen LogP contribution in [0.4, 0.5) is 11.4 Å². The predicted molar refractivity (Wildman–Crippen MR) is 174 cm³/mol. The van der Waals surface area contributed by atoms with E-state index in [4.69, 9.17) is 15.9 Å². The molecule has 7 rings (SSSR count). The van der Waals surface area contributed by atoms with Crippen molar-refractivity contribution in [1.29, 1.82) is 0 Å². The first-order valence-corrected chi connectivity index (χ1v) is 13.8. The van der Waals surface area contributed by atoms with E-state index >= 15 is 0 Å². The topological polar surface area (TPSA) is 116 Å². The number of furan rings is 1. The van der Waals surface area contributed by atoms with E-state index in [-0.39, 0.29) is 0 Å². The summed E-state index contributed by atoms with van der Waals surface area (Å²) in [5.41, 5.74) is 18.9. The zero-order valence-corrected chi connectivity index (χ0v) is 23.1. The zero-order valence-electron chi connectivity index (χ0n) is 23.1. The molecule has 0 spiro atoms. The molecule has 4 aromatic carbocycles. The number of nitrogens with zero attached hydrogens (tertiary/aromatic N) is 4. The summed E-state index contributed by atoms with van der Waals surface area (Å²) in [5, 5.41) is 2.12. The SMILES string of the molecule is NC(=Nc1ccc(-c2ccc(-c3ccc(N=C(N)c4ccc5ccccc5n4)cc3)o2)cc1)c1ccc2ccccc2n1. The lowest BCUT2D eigenvalue weighted by Gasteiger charge is -2.04. The Hall–Kier alpha value is -6.08. The van der Waals surface area contributed by atoms with Gasteiger partial charge in [-0.2, -0.15) is 0 Å². The Morgan fingerprint density at radius 3 is 1.33 bits per heavy atom. The molecule has 0 aliphatic rings. The summed E-state index contributed by atoms with van der Waals surface area (Å²) in [6, 6.07) is 43.0. The van der Waals surface area contributed by atoms with Crippen molar-refractivity contribution in [2.45, 2.75) is 0 Å². The van der Waals surface area contributed by atoms with Crippen molar-refractivity contribution in [3.05, 3.63) is 145 Å². The molecule has 0 atom stereocenters. The number of aliphatic imine (C=N–C) groups is 2. The number of aromatic nitrogens is 2. The molecule has 0 saturated carbocycles. The maximum Gasteiger partial charge on any atom is 0.150 e. The van der Waals surface area contributed by atoms with Gasteiger partial charge in [0.15, 0.2) is 0 Å². The molecule has 3 aromatic heterocycles. The van der Waals surface area contributed by atoms with Crippen LogP contribution >= 0.6 is 0 Å². The molecule has 43 heavy (non-hydrogen) atoms. The minimum Gasteiger partial charge on any atom is -0.456 e. The monoisotopic (exact) mass is 558 g/mol. The molecule has 7 nitrogen and oxygen atoms in total. The molecular formula is C36H26N6O. The Labute approximate surface area is 247 Å². The van der Waals surface area contributed by atoms with Crippen LogP contribution in [-0.4, -0.2) is 21.6 Å². The van der Waals surface area contributed by atoms with E-state index in [0.29, 0.717) is 23.1 Å². The fourth-order valence-electron chi connectivity index (χ4n) is 4.86. The fourth-order valence-corrected chi connectivity index (χ4v) is 4.86. The van der Waals surface area contributed by atoms with E-state index in [2.05, 4.69) is 20.0 Å². The summed E-state index contributed by atoms with van der Waals surface area (Å²) >= 11 is 0. The smallest absolute Gasteiger partial charge is 0.150 e. The second-order valence-corrected chi connectivity index (χ2v) is 10.0. The Morgan fingerprint density at radius 2 is 0.884 bits per heavy atom. The van der Waals surface area contributed by atoms with Gasteiger partial charge >= 0.3 is 0 Å². The molecule has 0 unspecified atom stereocenters. The van der Waals surface area contributed by atoms with Crippen LogP contribution in [0.15, 0.2) is 148 Å². The van der Waals surface area contributed by atoms with Crippen LogP contribution < -0.4 is 11.5 Å². The van der Waals surface area contributed by atoms with Gasteiger partial charge in [-0.15, -0.1) is 0 Å². The second-order valence-electron chi connectivity index (χ2n) is 10.0. The summed E-state index contributed by atoms with van der Waals surface area (Å²) < 4.78 is 6.18. The Kier molecular flexibility index (Phi) is 6.65. The van der Waals surface area contributed by atoms with E-state index in [1.54, 1.807) is 0 Å². The standard InChI is InChI=1S/C36H26N6O/c37-35(31-19-13-23-5-1-3-7-29(23)41-31)39-27-15-9-25(10-16-27)33-21-22-34(43-33)26-11-17-28(18-12-26)40-36(38)32-20-14-24-6-2-4-8-30(24)42-32/h1-22H,(H2,37,39)(H2,38,40). The van der Waals surface area contributed by atoms with E-state index in [1.165, 1.54) is 0 Å². The number of amidine groups is 2. The number of fused-ring (bicyclic) bond motifs is 2. The van der Waals surface area contributed by atoms with Crippen LogP contribution in [0.1, 0.15) is 11.4 Å². The lowest BCUT2D eigenvalue weighted by molar-refractivity contribution is 0.597. The van der Waals surface area contributed by atoms with Crippen molar-refractivity contribution >= 4 is 44.9 Å². The molecule has 0 fully saturated rings. The van der Waals surface area contributed by atoms with Crippen molar-refractivity contribution in [3.63, 3.8) is 0 Å². The van der Waals surface area contributed by atoms with Gasteiger partial charge in [-0.25, -0.2) is 20.0 Å². The van der Waals surface area contributed by atoms with Crippen molar-refractivity contribution < 1.29 is 4.42 Å². The third-order valence-electron chi connectivity index (χ3n) is 7.13. The van der Waals surface area contributed by atoms with Gasteiger partial charge < -0.3 is 15.9 Å². The van der Waals surface area contributed by atoms with Gasteiger partial charge in [0.05, 0.1) is 22.4 Å². The molecule has 3 heterocycles. The summed E-state index contributed by atoms with van der Waals surface area (Å²) in [4.78, 5) is 18.4. The van der Waals surface area contributed by atoms with Crippen LogP contribution in [0.2, 0.25) is 0 Å². The maximum absolute atomic E-state index is 6.27. The average molecular weight is 559 g/mol. The first-order valence-electron chi connectivity index (χ1n) is 13.8. The van der Waals surface area contributed by atoms with Crippen LogP contribution in [0.25, 0.3) is 44.5 Å². The first-order chi connectivity index (χ1) is 21.1. The molecule has 7 heteroatoms. The molecule has 4 N–H and O–H groups in total. The molecule has 0 radical (unpaired) electrons. The van der Waals surface area contributed by atoms with E-state index in [1.807, 2.05) is 133 Å². The fraction of sp³-hybridized carbons (Fsp3) is 0. The second kappa shape index (κ2) is 11.1. The highest BCUT2D eigenvalue weighted by molar-refractivity contribution is 6.00. The molecule has 0 aliphatic carbocycles. The molecule has 0 saturated heterocycles. The summed E-state index contributed by atoms with van der Waals surface area (Å²) in [6.45, 7) is 0. The van der Waals surface area contributed by atoms with Crippen LogP contribution in [0.3, 0.4) is 0 Å². The van der Waals surface area contributed by atoms with Crippen LogP contribution in [0.5, 0.6) is 0 Å². The number of rotatable bonds is 6. The largest absolute Gasteiger partial charge is 0.456 e. The number of benzene rings is 4. The molecule has 206 valence electrons. The van der Waals surface area contributed by atoms with Crippen molar-refractivity contribution in [3.8, 4) is 22.6 Å². The summed E-state index contributed by atoms with van der Waals surface area (Å²) in [6.07, 6.45) is 0. The van der Waals surface area contributed by atoms with Crippen molar-refractivity contribution in [1.82, 2.24) is 9.97 Å². The van der Waals surface area contributed by atoms with Gasteiger partial charge in [0.1, 0.15) is 34.6 Å². The lowest BCUT2D eigenvalue weighted by atomic mass is 10.1. The van der Waals surface area contributed by atoms with Gasteiger partial charge in [-0.3, -0.25) is 0 Å². The summed E-state index contributed by atoms with van der Waals surface area (Å²) in [7, 11) is 0. The highest BCUT2D eigenvalue weighted by Gasteiger charge is 2.09. The summed E-state index contributed by atoms with van der Waals surface area (Å²) in [5.74, 6) is 2.23. The quantitative estimate of drug-likeness (QED) is 0.160. The van der Waals surface area contributed by atoms with Crippen molar-refractivity contribution in [2.24, 2.45) is 21.5 Å². The minimum atomic E-state index is 0.363. The lowest BCUT2D eigenvalue weighted by Crippen LogP contribution is -2.14. The predicted octanol–water partition coefficient (Wildman–Crippen LogP) is 7.78. The third kappa shape index (κ3) is 5.47. The van der Waals surface area contributed by atoms with Crippen LogP contribution in [-0.2, 0) is 0 Å². The van der Waals surface area contributed by atoms with Gasteiger partial charge in [0, 0.05) is 21.9 Å². The number of hydrogen-bond acceptors (Lipinski definition) is 5. The minimum absolute atomic E-state index is 0.363. The number of pyridine rings is 2. The average Bonchev–Trinajstić information content (AvgIpc) is 3.55. The Morgan fingerprint density at radius 1 is 0.465 bits per heavy atom. The van der Waals surface area contributed by atoms with Crippen molar-refractivity contribution in [2.75, 3.05) is 0 Å². The third-order valence-corrected chi connectivity index (χ3v) is 7.13. The highest BCUT2D eigenvalue weighted by Crippen LogP contribution is 2.31. The number of hydrogen-bond donors (Lipinski definition) is 2. The van der Waals surface area contributed by atoms with Gasteiger partial charge in [0.25, 0.3) is 0 Å². The number of nitrogens with two attached hydrogens (primary N) is 2. The normalized spacial score (nSPS) is 12.2. The zero-order chi connectivity index (χ0) is 29.2. The van der Waals surface area contributed by atoms with Gasteiger partial charge in [-0.05, 0) is 84.9 Å². The van der Waals surface area contributed by atoms with Gasteiger partial charge in [-0.1, -0.05) is 48.5 Å². The molecule has 0 bridgehead atoms.